The zero-order valence-electron chi connectivity index (χ0n) is 11.6. The van der Waals surface area contributed by atoms with Gasteiger partial charge in [0.1, 0.15) is 5.82 Å². The van der Waals surface area contributed by atoms with E-state index < -0.39 is 17.7 Å². The Labute approximate surface area is 122 Å². The van der Waals surface area contributed by atoms with Crippen LogP contribution in [0.2, 0.25) is 0 Å². The number of benzene rings is 1. The molecule has 0 aliphatic carbocycles. The van der Waals surface area contributed by atoms with Crippen LogP contribution >= 0.6 is 0 Å². The van der Waals surface area contributed by atoms with E-state index in [0.717, 1.165) is 6.07 Å². The molecule has 21 heavy (non-hydrogen) atoms. The van der Waals surface area contributed by atoms with Crippen LogP contribution in [0.3, 0.4) is 0 Å². The number of carbonyl (C=O) groups is 2. The minimum atomic E-state index is -0.610. The van der Waals surface area contributed by atoms with E-state index >= 15 is 0 Å². The lowest BCUT2D eigenvalue weighted by Gasteiger charge is -2.05. The van der Waals surface area contributed by atoms with Gasteiger partial charge in [0.15, 0.2) is 0 Å². The monoisotopic (exact) mass is 293 g/mol. The number of rotatable bonds is 5. The van der Waals surface area contributed by atoms with Crippen LogP contribution in [-0.4, -0.2) is 37.2 Å². The lowest BCUT2D eigenvalue weighted by Crippen LogP contribution is -2.26. The zero-order valence-corrected chi connectivity index (χ0v) is 11.6. The molecule has 0 unspecified atom stereocenters. The van der Waals surface area contributed by atoms with Crippen molar-refractivity contribution in [3.63, 3.8) is 0 Å². The number of esters is 1. The lowest BCUT2D eigenvalue weighted by atomic mass is 10.1. The van der Waals surface area contributed by atoms with Gasteiger partial charge in [-0.3, -0.25) is 9.59 Å². The summed E-state index contributed by atoms with van der Waals surface area (Å²) in [6.45, 7) is 0.0283. The van der Waals surface area contributed by atoms with E-state index in [0.29, 0.717) is 0 Å². The molecule has 0 radical (unpaired) electrons. The number of hydrogen-bond donors (Lipinski definition) is 2. The minimum absolute atomic E-state index is 0.0510. The molecule has 0 atom stereocenters. The molecule has 0 aromatic heterocycles. The number of aliphatic hydroxyl groups excluding tert-OH is 1. The van der Waals surface area contributed by atoms with Gasteiger partial charge >= 0.3 is 5.97 Å². The number of halogens is 1. The summed E-state index contributed by atoms with van der Waals surface area (Å²) in [5.41, 5.74) is 0.305. The maximum absolute atomic E-state index is 13.7. The topological polar surface area (TPSA) is 75.6 Å². The first-order valence-corrected chi connectivity index (χ1v) is 6.32. The average Bonchev–Trinajstić information content (AvgIpc) is 2.48. The fourth-order valence-corrected chi connectivity index (χ4v) is 1.45. The Balaban J connectivity index is 2.64. The highest BCUT2D eigenvalue weighted by Gasteiger charge is 2.09. The summed E-state index contributed by atoms with van der Waals surface area (Å²) in [5, 5.41) is 11.1. The maximum Gasteiger partial charge on any atom is 0.307 e. The largest absolute Gasteiger partial charge is 0.469 e. The average molecular weight is 293 g/mol. The van der Waals surface area contributed by atoms with Gasteiger partial charge in [0.05, 0.1) is 25.7 Å². The lowest BCUT2D eigenvalue weighted by molar-refractivity contribution is -0.140. The summed E-state index contributed by atoms with van der Waals surface area (Å²) in [7, 11) is 1.26. The molecule has 112 valence electrons. The Hall–Kier alpha value is -2.39. The molecule has 2 N–H and O–H groups in total. The van der Waals surface area contributed by atoms with E-state index in [4.69, 9.17) is 5.11 Å². The molecule has 0 saturated carbocycles. The number of ether oxygens (including phenoxy) is 1. The van der Waals surface area contributed by atoms with Gasteiger partial charge in [-0.25, -0.2) is 4.39 Å². The number of amides is 1. The Bertz CT molecular complexity index is 575. The smallest absolute Gasteiger partial charge is 0.307 e. The van der Waals surface area contributed by atoms with Crippen LogP contribution in [-0.2, 0) is 9.53 Å². The standard InChI is InChI=1S/C15H16FNO4/c1-21-14(19)7-8-17-15(20)12-6-5-11(13(16)10-12)4-2-3-9-18/h5-6,10,18H,3,7-9H2,1H3,(H,17,20). The Kier molecular flexibility index (Phi) is 6.92. The summed E-state index contributed by atoms with van der Waals surface area (Å²) < 4.78 is 18.2. The SMILES string of the molecule is COC(=O)CCNC(=O)c1ccc(C#CCCO)c(F)c1. The van der Waals surface area contributed by atoms with E-state index in [1.807, 2.05) is 0 Å². The highest BCUT2D eigenvalue weighted by molar-refractivity contribution is 5.94. The molecule has 0 aliphatic rings. The molecule has 1 aromatic carbocycles. The van der Waals surface area contributed by atoms with E-state index in [2.05, 4.69) is 21.9 Å². The Morgan fingerprint density at radius 3 is 2.81 bits per heavy atom. The van der Waals surface area contributed by atoms with Crippen LogP contribution in [0.25, 0.3) is 0 Å². The highest BCUT2D eigenvalue weighted by atomic mass is 19.1. The number of methoxy groups -OCH3 is 1. The van der Waals surface area contributed by atoms with Crippen molar-refractivity contribution in [2.45, 2.75) is 12.8 Å². The third-order valence-corrected chi connectivity index (χ3v) is 2.53. The number of aliphatic hydroxyl groups is 1. The van der Waals surface area contributed by atoms with Crippen molar-refractivity contribution < 1.29 is 23.8 Å². The van der Waals surface area contributed by atoms with Crippen molar-refractivity contribution in [1.29, 1.82) is 0 Å². The molecule has 1 aromatic rings. The molecule has 0 aliphatic heterocycles. The zero-order chi connectivity index (χ0) is 15.7. The van der Waals surface area contributed by atoms with Gasteiger partial charge < -0.3 is 15.2 Å². The summed E-state index contributed by atoms with van der Waals surface area (Å²) in [4.78, 5) is 22.6. The molecule has 1 rings (SSSR count). The van der Waals surface area contributed by atoms with Crippen molar-refractivity contribution in [1.82, 2.24) is 5.32 Å². The number of nitrogens with one attached hydrogen (secondary N) is 1. The van der Waals surface area contributed by atoms with Gasteiger partial charge in [-0.15, -0.1) is 0 Å². The van der Waals surface area contributed by atoms with Crippen LogP contribution in [0.1, 0.15) is 28.8 Å². The fraction of sp³-hybridized carbons (Fsp3) is 0.333. The first-order chi connectivity index (χ1) is 10.1. The van der Waals surface area contributed by atoms with Crippen molar-refractivity contribution in [2.75, 3.05) is 20.3 Å². The molecule has 6 heteroatoms. The van der Waals surface area contributed by atoms with Crippen LogP contribution < -0.4 is 5.32 Å². The van der Waals surface area contributed by atoms with E-state index in [1.54, 1.807) is 0 Å². The molecule has 0 saturated heterocycles. The number of carbonyl (C=O) groups excluding carboxylic acids is 2. The minimum Gasteiger partial charge on any atom is -0.469 e. The van der Waals surface area contributed by atoms with Crippen molar-refractivity contribution in [2.24, 2.45) is 0 Å². The predicted octanol–water partition coefficient (Wildman–Crippen LogP) is 0.853. The number of hydrogen-bond acceptors (Lipinski definition) is 4. The van der Waals surface area contributed by atoms with Crippen molar-refractivity contribution in [3.05, 3.63) is 35.1 Å². The molecule has 0 fully saturated rings. The van der Waals surface area contributed by atoms with Crippen LogP contribution in [0.5, 0.6) is 0 Å². The van der Waals surface area contributed by atoms with E-state index in [1.165, 1.54) is 19.2 Å². The quantitative estimate of drug-likeness (QED) is 0.623. The highest BCUT2D eigenvalue weighted by Crippen LogP contribution is 2.09. The van der Waals surface area contributed by atoms with E-state index in [-0.39, 0.29) is 37.1 Å². The molecule has 5 nitrogen and oxygen atoms in total. The first-order valence-electron chi connectivity index (χ1n) is 6.32. The van der Waals surface area contributed by atoms with Gasteiger partial charge in [-0.05, 0) is 18.2 Å². The maximum atomic E-state index is 13.7. The molecule has 1 amide bonds. The van der Waals surface area contributed by atoms with Crippen LogP contribution in [0.15, 0.2) is 18.2 Å². The molecular formula is C15H16FNO4. The summed E-state index contributed by atoms with van der Waals surface area (Å²) in [5.74, 6) is 3.65. The van der Waals surface area contributed by atoms with Gasteiger partial charge in [0, 0.05) is 18.5 Å². The summed E-state index contributed by atoms with van der Waals surface area (Å²) in [6, 6.07) is 3.92. The van der Waals surface area contributed by atoms with Crippen LogP contribution in [0, 0.1) is 17.7 Å². The van der Waals surface area contributed by atoms with E-state index in [9.17, 15) is 14.0 Å². The predicted molar refractivity (Wildman–Crippen MR) is 73.9 cm³/mol. The fourth-order valence-electron chi connectivity index (χ4n) is 1.45. The molecule has 0 heterocycles. The van der Waals surface area contributed by atoms with Crippen molar-refractivity contribution in [3.8, 4) is 11.8 Å². The van der Waals surface area contributed by atoms with Crippen LogP contribution in [0.4, 0.5) is 4.39 Å². The van der Waals surface area contributed by atoms with Crippen molar-refractivity contribution >= 4 is 11.9 Å². The summed E-state index contributed by atoms with van der Waals surface area (Å²) in [6.07, 6.45) is 0.310. The molecule has 0 bridgehead atoms. The second-order valence-corrected chi connectivity index (χ2v) is 4.05. The van der Waals surface area contributed by atoms with Gasteiger partial charge in [-0.2, -0.15) is 0 Å². The van der Waals surface area contributed by atoms with Gasteiger partial charge in [-0.1, -0.05) is 11.8 Å². The Morgan fingerprint density at radius 2 is 2.19 bits per heavy atom. The second-order valence-electron chi connectivity index (χ2n) is 4.05. The van der Waals surface area contributed by atoms with Gasteiger partial charge in [0.25, 0.3) is 5.91 Å². The third-order valence-electron chi connectivity index (χ3n) is 2.53. The Morgan fingerprint density at radius 1 is 1.43 bits per heavy atom. The normalized spacial score (nSPS) is 9.48. The van der Waals surface area contributed by atoms with Gasteiger partial charge in [0.2, 0.25) is 0 Å². The second kappa shape index (κ2) is 8.72. The first kappa shape index (κ1) is 16.7. The third kappa shape index (κ3) is 5.63. The molecule has 0 spiro atoms. The molecular weight excluding hydrogens is 277 g/mol. The summed E-state index contributed by atoms with van der Waals surface area (Å²) >= 11 is 0.